The van der Waals surface area contributed by atoms with Crippen LogP contribution in [-0.4, -0.2) is 75.0 Å². The largest absolute Gasteiger partial charge is 0.461 e. The van der Waals surface area contributed by atoms with E-state index in [2.05, 4.69) is 20.1 Å². The van der Waals surface area contributed by atoms with Gasteiger partial charge in [0.05, 0.1) is 16.6 Å². The number of benzene rings is 1. The molecular weight excluding hydrogens is 500 g/mol. The zero-order chi connectivity index (χ0) is 27.3. The highest BCUT2D eigenvalue weighted by molar-refractivity contribution is 8.02. The van der Waals surface area contributed by atoms with Crippen LogP contribution in [0.15, 0.2) is 55.6 Å². The number of amides is 2. The lowest BCUT2D eigenvalue weighted by molar-refractivity contribution is -0.153. The summed E-state index contributed by atoms with van der Waals surface area (Å²) in [5.41, 5.74) is 1.01. The fraction of sp³-hybridized carbons (Fsp3) is 0.567. The van der Waals surface area contributed by atoms with Crippen molar-refractivity contribution in [3.8, 4) is 0 Å². The molecule has 0 aliphatic carbocycles. The quantitative estimate of drug-likeness (QED) is 0.219. The molecule has 1 N–H and O–H groups in total. The maximum absolute atomic E-state index is 14.5. The van der Waals surface area contributed by atoms with Gasteiger partial charge in [-0.25, -0.2) is 0 Å². The van der Waals surface area contributed by atoms with E-state index in [-0.39, 0.29) is 42.2 Å². The molecule has 7 nitrogen and oxygen atoms in total. The topological polar surface area (TPSA) is 87.1 Å². The summed E-state index contributed by atoms with van der Waals surface area (Å²) >= 11 is 1.67. The molecule has 1 spiro atoms. The van der Waals surface area contributed by atoms with Crippen molar-refractivity contribution >= 4 is 29.5 Å². The van der Waals surface area contributed by atoms with Crippen molar-refractivity contribution in [2.75, 3.05) is 26.3 Å². The Kier molecular flexibility index (Phi) is 9.36. The number of carbonyl (C=O) groups excluding carboxylic acids is 3. The third-order valence-electron chi connectivity index (χ3n) is 8.28. The molecule has 206 valence electrons. The van der Waals surface area contributed by atoms with Gasteiger partial charge in [-0.3, -0.25) is 14.4 Å². The molecule has 3 unspecified atom stereocenters. The van der Waals surface area contributed by atoms with Crippen LogP contribution in [0.3, 0.4) is 0 Å². The van der Waals surface area contributed by atoms with Crippen molar-refractivity contribution in [1.29, 1.82) is 0 Å². The Balaban J connectivity index is 1.68. The molecule has 3 saturated heterocycles. The Morgan fingerprint density at radius 1 is 1.18 bits per heavy atom. The molecule has 1 aromatic rings. The van der Waals surface area contributed by atoms with Crippen LogP contribution in [0.1, 0.15) is 44.6 Å². The van der Waals surface area contributed by atoms with E-state index in [9.17, 15) is 14.4 Å². The molecule has 3 aliphatic heterocycles. The predicted molar refractivity (Wildman–Crippen MR) is 149 cm³/mol. The minimum atomic E-state index is -0.669. The second kappa shape index (κ2) is 12.5. The van der Waals surface area contributed by atoms with Crippen molar-refractivity contribution in [3.63, 3.8) is 0 Å². The summed E-state index contributed by atoms with van der Waals surface area (Å²) in [6, 6.07) is 9.19. The minimum Gasteiger partial charge on any atom is -0.461 e. The molecule has 8 heteroatoms. The van der Waals surface area contributed by atoms with E-state index in [1.807, 2.05) is 30.3 Å². The lowest BCUT2D eigenvalue weighted by Crippen LogP contribution is -2.57. The van der Waals surface area contributed by atoms with Gasteiger partial charge in [-0.2, -0.15) is 0 Å². The van der Waals surface area contributed by atoms with Crippen LogP contribution in [0.4, 0.5) is 0 Å². The van der Waals surface area contributed by atoms with Crippen LogP contribution in [0.25, 0.3) is 0 Å². The standard InChI is InChI=1S/C30H40N2O5S/c1-4-15-31(20-22-13-9-8-10-14-22)28(35)26-30-21(3)19-23(38-30)24(29(36)37-18-5-2)25(30)27(34)32(26)16-11-6-7-12-17-33/h4-5,8-10,13-14,21,23-26,33H,1-2,6-7,11-12,15-20H2,3H3/t21?,23-,24+,25+,26?,30?/m1/s1. The summed E-state index contributed by atoms with van der Waals surface area (Å²) in [7, 11) is 0. The number of fused-ring (bicyclic) bond motifs is 1. The molecule has 3 heterocycles. The number of aliphatic hydroxyl groups is 1. The zero-order valence-electron chi connectivity index (χ0n) is 22.3. The van der Waals surface area contributed by atoms with E-state index in [0.29, 0.717) is 19.6 Å². The maximum atomic E-state index is 14.5. The number of hydrogen-bond donors (Lipinski definition) is 1. The molecule has 0 saturated carbocycles. The van der Waals surface area contributed by atoms with Crippen molar-refractivity contribution in [1.82, 2.24) is 9.80 Å². The average molecular weight is 541 g/mol. The molecule has 0 aromatic heterocycles. The van der Waals surface area contributed by atoms with Crippen molar-refractivity contribution < 1.29 is 24.2 Å². The Morgan fingerprint density at radius 3 is 2.61 bits per heavy atom. The zero-order valence-corrected chi connectivity index (χ0v) is 23.1. The van der Waals surface area contributed by atoms with Gasteiger partial charge in [0.15, 0.2) is 0 Å². The molecule has 6 atom stereocenters. The van der Waals surface area contributed by atoms with Gasteiger partial charge >= 0.3 is 5.97 Å². The molecule has 0 radical (unpaired) electrons. The van der Waals surface area contributed by atoms with Gasteiger partial charge in [-0.1, -0.05) is 68.8 Å². The van der Waals surface area contributed by atoms with Crippen molar-refractivity contribution in [2.45, 2.75) is 61.6 Å². The molecule has 1 aromatic carbocycles. The van der Waals surface area contributed by atoms with Gasteiger partial charge in [-0.15, -0.1) is 18.3 Å². The third kappa shape index (κ3) is 5.17. The Morgan fingerprint density at radius 2 is 1.92 bits per heavy atom. The molecule has 3 fully saturated rings. The predicted octanol–water partition coefficient (Wildman–Crippen LogP) is 3.82. The second-order valence-corrected chi connectivity index (χ2v) is 12.2. The fourth-order valence-electron chi connectivity index (χ4n) is 6.66. The highest BCUT2D eigenvalue weighted by atomic mass is 32.2. The van der Waals surface area contributed by atoms with Crippen LogP contribution in [0.2, 0.25) is 0 Å². The Bertz CT molecular complexity index is 1030. The van der Waals surface area contributed by atoms with E-state index in [0.717, 1.165) is 37.7 Å². The van der Waals surface area contributed by atoms with Crippen LogP contribution < -0.4 is 0 Å². The summed E-state index contributed by atoms with van der Waals surface area (Å²) < 4.78 is 4.80. The van der Waals surface area contributed by atoms with Gasteiger partial charge in [0.2, 0.25) is 11.8 Å². The first kappa shape index (κ1) is 28.4. The van der Waals surface area contributed by atoms with E-state index in [4.69, 9.17) is 9.84 Å². The summed E-state index contributed by atoms with van der Waals surface area (Å²) in [5.74, 6) is -1.58. The molecular formula is C30H40N2O5S. The number of thioether (sulfide) groups is 1. The van der Waals surface area contributed by atoms with Crippen molar-refractivity contribution in [2.24, 2.45) is 17.8 Å². The number of carbonyl (C=O) groups is 3. The number of rotatable bonds is 14. The lowest BCUT2D eigenvalue weighted by Gasteiger charge is -2.40. The average Bonchev–Trinajstić information content (AvgIpc) is 3.51. The fourth-order valence-corrected chi connectivity index (χ4v) is 9.06. The molecule has 2 amide bonds. The summed E-state index contributed by atoms with van der Waals surface area (Å²) in [6.45, 7) is 11.2. The van der Waals surface area contributed by atoms with Gasteiger partial charge in [0.25, 0.3) is 0 Å². The number of nitrogens with zero attached hydrogens (tertiary/aromatic N) is 2. The van der Waals surface area contributed by atoms with Crippen LogP contribution in [0.5, 0.6) is 0 Å². The molecule has 2 bridgehead atoms. The van der Waals surface area contributed by atoms with Gasteiger partial charge in [0.1, 0.15) is 12.6 Å². The first-order valence-corrected chi connectivity index (χ1v) is 14.6. The molecule has 4 rings (SSSR count). The monoisotopic (exact) mass is 540 g/mol. The van der Waals surface area contributed by atoms with Crippen LogP contribution in [0, 0.1) is 17.8 Å². The highest BCUT2D eigenvalue weighted by Crippen LogP contribution is 2.68. The summed E-state index contributed by atoms with van der Waals surface area (Å²) in [5, 5.41) is 9.10. The smallest absolute Gasteiger partial charge is 0.311 e. The Hall–Kier alpha value is -2.58. The third-order valence-corrected chi connectivity index (χ3v) is 10.4. The Labute approximate surface area is 230 Å². The van der Waals surface area contributed by atoms with Crippen LogP contribution >= 0.6 is 11.8 Å². The number of aliphatic hydroxyl groups excluding tert-OH is 1. The van der Waals surface area contributed by atoms with Crippen molar-refractivity contribution in [3.05, 3.63) is 61.2 Å². The lowest BCUT2D eigenvalue weighted by atomic mass is 9.66. The number of ether oxygens (including phenoxy) is 1. The number of hydrogen-bond acceptors (Lipinski definition) is 6. The van der Waals surface area contributed by atoms with E-state index in [1.165, 1.54) is 6.08 Å². The van der Waals surface area contributed by atoms with Gasteiger partial charge in [0, 0.05) is 31.5 Å². The van der Waals surface area contributed by atoms with E-state index >= 15 is 0 Å². The van der Waals surface area contributed by atoms with E-state index in [1.54, 1.807) is 27.6 Å². The van der Waals surface area contributed by atoms with E-state index < -0.39 is 22.6 Å². The number of unbranched alkanes of at least 4 members (excludes halogenated alkanes) is 3. The number of esters is 1. The van der Waals surface area contributed by atoms with Gasteiger partial charge in [-0.05, 0) is 30.7 Å². The minimum absolute atomic E-state index is 0.0414. The molecule has 38 heavy (non-hydrogen) atoms. The molecule has 3 aliphatic rings. The van der Waals surface area contributed by atoms with Gasteiger partial charge < -0.3 is 19.6 Å². The maximum Gasteiger partial charge on any atom is 0.311 e. The SMILES string of the molecule is C=CCOC(=O)[C@@H]1[C@H]2C(=O)N(CCCCCCO)C(C(=O)N(CC=C)Cc3ccccc3)C23S[C@@H]1CC3C. The second-order valence-electron chi connectivity index (χ2n) is 10.6. The van der Waals surface area contributed by atoms with Crippen LogP contribution in [-0.2, 0) is 25.7 Å². The highest BCUT2D eigenvalue weighted by Gasteiger charge is 2.76. The number of likely N-dealkylation sites (tertiary alicyclic amines) is 1. The first-order chi connectivity index (χ1) is 18.4. The first-order valence-electron chi connectivity index (χ1n) is 13.7. The summed E-state index contributed by atoms with van der Waals surface area (Å²) in [4.78, 5) is 45.3. The summed E-state index contributed by atoms with van der Waals surface area (Å²) in [6.07, 6.45) is 7.23. The normalized spacial score (nSPS) is 29.3.